The first-order chi connectivity index (χ1) is 11.7. The summed E-state index contributed by atoms with van der Waals surface area (Å²) >= 11 is 0. The molecule has 0 aliphatic carbocycles. The second-order valence-electron chi connectivity index (χ2n) is 6.13. The number of benzene rings is 1. The number of likely N-dealkylation sites (tertiary alicyclic amines) is 1. The zero-order valence-corrected chi connectivity index (χ0v) is 17.8. The van der Waals surface area contributed by atoms with Crippen LogP contribution in [0.5, 0.6) is 11.5 Å². The minimum absolute atomic E-state index is 0. The highest BCUT2D eigenvalue weighted by Crippen LogP contribution is 2.29. The van der Waals surface area contributed by atoms with Crippen molar-refractivity contribution in [3.63, 3.8) is 0 Å². The second kappa shape index (κ2) is 11.4. The van der Waals surface area contributed by atoms with E-state index in [1.54, 1.807) is 14.2 Å². The molecule has 142 valence electrons. The van der Waals surface area contributed by atoms with Gasteiger partial charge in [0.2, 0.25) is 0 Å². The first-order valence-electron chi connectivity index (χ1n) is 8.67. The van der Waals surface area contributed by atoms with E-state index in [-0.39, 0.29) is 24.0 Å². The van der Waals surface area contributed by atoms with Crippen LogP contribution in [0.15, 0.2) is 23.2 Å². The van der Waals surface area contributed by atoms with E-state index < -0.39 is 0 Å². The summed E-state index contributed by atoms with van der Waals surface area (Å²) in [7, 11) is 3.23. The molecule has 0 bridgehead atoms. The third kappa shape index (κ3) is 6.89. The van der Waals surface area contributed by atoms with Crippen LogP contribution >= 0.6 is 24.0 Å². The first kappa shape index (κ1) is 21.8. The minimum Gasteiger partial charge on any atom is -0.493 e. The third-order valence-electron chi connectivity index (χ3n) is 4.63. The Hall–Kier alpha value is -1.22. The molecule has 1 aliphatic rings. The van der Waals surface area contributed by atoms with Gasteiger partial charge in [-0.2, -0.15) is 0 Å². The van der Waals surface area contributed by atoms with Gasteiger partial charge in [-0.25, -0.2) is 0 Å². The topological polar surface area (TPSA) is 72.1 Å². The Bertz CT molecular complexity index is 546. The van der Waals surface area contributed by atoms with E-state index in [9.17, 15) is 0 Å². The average molecular weight is 462 g/mol. The second-order valence-corrected chi connectivity index (χ2v) is 6.13. The summed E-state index contributed by atoms with van der Waals surface area (Å²) in [4.78, 5) is 6.96. The summed E-state index contributed by atoms with van der Waals surface area (Å²) in [6, 6.07) is 5.59. The van der Waals surface area contributed by atoms with Crippen molar-refractivity contribution in [3.05, 3.63) is 18.2 Å². The van der Waals surface area contributed by atoms with E-state index in [1.807, 2.05) is 18.2 Å². The van der Waals surface area contributed by atoms with Crippen LogP contribution in [-0.4, -0.2) is 51.3 Å². The molecule has 2 rings (SSSR count). The number of nitrogens with two attached hydrogens (primary N) is 1. The number of anilines is 1. The Kier molecular flexibility index (Phi) is 9.96. The number of nitrogens with one attached hydrogen (secondary N) is 1. The van der Waals surface area contributed by atoms with E-state index in [0.29, 0.717) is 17.5 Å². The standard InChI is InChI=1S/C18H30N4O2.HI/c1-4-22-11-8-14(9-12-22)7-10-20-18(19)21-15-5-6-16(23-2)17(13-15)24-3;/h5-6,13-14H,4,7-12H2,1-3H3,(H3,19,20,21);1H. The van der Waals surface area contributed by atoms with Crippen LogP contribution in [0, 0.1) is 5.92 Å². The minimum atomic E-state index is 0. The van der Waals surface area contributed by atoms with E-state index in [2.05, 4.69) is 22.1 Å². The molecule has 0 unspecified atom stereocenters. The molecule has 1 saturated heterocycles. The lowest BCUT2D eigenvalue weighted by atomic mass is 9.94. The number of aliphatic imine (C=N–C) groups is 1. The van der Waals surface area contributed by atoms with Crippen molar-refractivity contribution in [2.24, 2.45) is 16.6 Å². The Morgan fingerprint density at radius 3 is 2.52 bits per heavy atom. The van der Waals surface area contributed by atoms with Crippen LogP contribution in [0.1, 0.15) is 26.2 Å². The predicted molar refractivity (Wildman–Crippen MR) is 115 cm³/mol. The van der Waals surface area contributed by atoms with Crippen LogP contribution in [0.25, 0.3) is 0 Å². The van der Waals surface area contributed by atoms with Crippen molar-refractivity contribution in [1.29, 1.82) is 0 Å². The maximum atomic E-state index is 5.99. The molecule has 0 radical (unpaired) electrons. The summed E-state index contributed by atoms with van der Waals surface area (Å²) in [5.41, 5.74) is 6.82. The van der Waals surface area contributed by atoms with Crippen molar-refractivity contribution in [3.8, 4) is 11.5 Å². The largest absolute Gasteiger partial charge is 0.493 e. The smallest absolute Gasteiger partial charge is 0.193 e. The Morgan fingerprint density at radius 1 is 1.24 bits per heavy atom. The molecule has 1 aromatic carbocycles. The van der Waals surface area contributed by atoms with Gasteiger partial charge in [0.15, 0.2) is 17.5 Å². The van der Waals surface area contributed by atoms with Crippen molar-refractivity contribution in [2.75, 3.05) is 45.7 Å². The molecule has 25 heavy (non-hydrogen) atoms. The number of hydrogen-bond acceptors (Lipinski definition) is 4. The van der Waals surface area contributed by atoms with Crippen LogP contribution in [-0.2, 0) is 0 Å². The normalized spacial score (nSPS) is 16.2. The molecule has 7 heteroatoms. The van der Waals surface area contributed by atoms with Crippen molar-refractivity contribution in [1.82, 2.24) is 4.90 Å². The number of hydrogen-bond donors (Lipinski definition) is 2. The van der Waals surface area contributed by atoms with Crippen LogP contribution < -0.4 is 20.5 Å². The monoisotopic (exact) mass is 462 g/mol. The summed E-state index contributed by atoms with van der Waals surface area (Å²) < 4.78 is 10.5. The molecule has 1 aliphatic heterocycles. The van der Waals surface area contributed by atoms with E-state index in [0.717, 1.165) is 31.1 Å². The van der Waals surface area contributed by atoms with E-state index in [4.69, 9.17) is 15.2 Å². The molecule has 0 atom stereocenters. The Labute approximate surface area is 168 Å². The van der Waals surface area contributed by atoms with Gasteiger partial charge in [0.05, 0.1) is 14.2 Å². The predicted octanol–water partition coefficient (Wildman–Crippen LogP) is 3.17. The molecular formula is C18H31IN4O2. The number of ether oxygens (including phenoxy) is 2. The fraction of sp³-hybridized carbons (Fsp3) is 0.611. The lowest BCUT2D eigenvalue weighted by Crippen LogP contribution is -2.33. The maximum Gasteiger partial charge on any atom is 0.193 e. The third-order valence-corrected chi connectivity index (χ3v) is 4.63. The highest BCUT2D eigenvalue weighted by atomic mass is 127. The fourth-order valence-corrected chi connectivity index (χ4v) is 3.06. The van der Waals surface area contributed by atoms with Gasteiger partial charge in [-0.15, -0.1) is 24.0 Å². The number of piperidine rings is 1. The summed E-state index contributed by atoms with van der Waals surface area (Å²) in [6.07, 6.45) is 3.64. The summed E-state index contributed by atoms with van der Waals surface area (Å²) in [6.45, 7) is 6.58. The number of nitrogens with zero attached hydrogens (tertiary/aromatic N) is 2. The molecule has 0 saturated carbocycles. The van der Waals surface area contributed by atoms with Gasteiger partial charge in [-0.1, -0.05) is 6.92 Å². The molecule has 0 spiro atoms. The van der Waals surface area contributed by atoms with E-state index in [1.165, 1.54) is 25.9 Å². The molecule has 0 amide bonds. The fourth-order valence-electron chi connectivity index (χ4n) is 3.06. The van der Waals surface area contributed by atoms with Crippen LogP contribution in [0.3, 0.4) is 0 Å². The average Bonchev–Trinajstić information content (AvgIpc) is 2.62. The van der Waals surface area contributed by atoms with Crippen LogP contribution in [0.4, 0.5) is 5.69 Å². The number of rotatable bonds is 7. The van der Waals surface area contributed by atoms with Gasteiger partial charge < -0.3 is 25.4 Å². The molecule has 6 nitrogen and oxygen atoms in total. The highest BCUT2D eigenvalue weighted by Gasteiger charge is 2.17. The van der Waals surface area contributed by atoms with Crippen molar-refractivity contribution < 1.29 is 9.47 Å². The van der Waals surface area contributed by atoms with Gasteiger partial charge in [0, 0.05) is 18.3 Å². The zero-order chi connectivity index (χ0) is 17.4. The molecule has 1 heterocycles. The number of methoxy groups -OCH3 is 2. The van der Waals surface area contributed by atoms with Gasteiger partial charge in [0.1, 0.15) is 0 Å². The lowest BCUT2D eigenvalue weighted by Gasteiger charge is -2.30. The van der Waals surface area contributed by atoms with Gasteiger partial charge >= 0.3 is 0 Å². The molecule has 1 aromatic rings. The molecule has 0 aromatic heterocycles. The molecular weight excluding hydrogens is 431 g/mol. The van der Waals surface area contributed by atoms with Crippen molar-refractivity contribution >= 4 is 35.6 Å². The van der Waals surface area contributed by atoms with Crippen LogP contribution in [0.2, 0.25) is 0 Å². The Balaban J connectivity index is 0.00000312. The van der Waals surface area contributed by atoms with Gasteiger partial charge in [-0.3, -0.25) is 4.99 Å². The first-order valence-corrected chi connectivity index (χ1v) is 8.67. The number of halogens is 1. The quantitative estimate of drug-likeness (QED) is 0.370. The zero-order valence-electron chi connectivity index (χ0n) is 15.5. The summed E-state index contributed by atoms with van der Waals surface area (Å²) in [5.74, 6) is 2.56. The van der Waals surface area contributed by atoms with E-state index >= 15 is 0 Å². The van der Waals surface area contributed by atoms with Gasteiger partial charge in [-0.05, 0) is 56.9 Å². The Morgan fingerprint density at radius 2 is 1.92 bits per heavy atom. The van der Waals surface area contributed by atoms with Crippen molar-refractivity contribution in [2.45, 2.75) is 26.2 Å². The number of guanidine groups is 1. The molecule has 1 fully saturated rings. The lowest BCUT2D eigenvalue weighted by molar-refractivity contribution is 0.188. The maximum absolute atomic E-state index is 5.99. The SMILES string of the molecule is CCN1CCC(CCN=C(N)Nc2ccc(OC)c(OC)c2)CC1.I. The highest BCUT2D eigenvalue weighted by molar-refractivity contribution is 14.0. The molecule has 3 N–H and O–H groups in total. The summed E-state index contributed by atoms with van der Waals surface area (Å²) in [5, 5.41) is 3.11. The van der Waals surface area contributed by atoms with Gasteiger partial charge in [0.25, 0.3) is 0 Å².